The molecule has 0 saturated heterocycles. The van der Waals surface area contributed by atoms with E-state index < -0.39 is 0 Å². The highest BCUT2D eigenvalue weighted by Crippen LogP contribution is 2.30. The molecule has 0 unspecified atom stereocenters. The molecule has 5 nitrogen and oxygen atoms in total. The van der Waals surface area contributed by atoms with Crippen molar-refractivity contribution in [2.45, 2.75) is 13.0 Å². The Bertz CT molecular complexity index is 815. The Labute approximate surface area is 120 Å². The first kappa shape index (κ1) is 12.1. The second kappa shape index (κ2) is 4.73. The van der Waals surface area contributed by atoms with E-state index >= 15 is 0 Å². The van der Waals surface area contributed by atoms with E-state index in [1.165, 1.54) is 6.07 Å². The summed E-state index contributed by atoms with van der Waals surface area (Å²) in [5, 5.41) is 3.18. The number of ether oxygens (including phenoxy) is 1. The fourth-order valence-corrected chi connectivity index (χ4v) is 2.66. The molecule has 0 fully saturated rings. The van der Waals surface area contributed by atoms with Crippen molar-refractivity contribution >= 4 is 11.5 Å². The lowest BCUT2D eigenvalue weighted by Crippen LogP contribution is -2.09. The summed E-state index contributed by atoms with van der Waals surface area (Å²) in [6.07, 6.45) is 5.88. The number of aromatic nitrogens is 3. The largest absolute Gasteiger partial charge is 0.493 e. The molecule has 106 valence electrons. The van der Waals surface area contributed by atoms with Crippen LogP contribution in [-0.2, 0) is 13.0 Å². The maximum atomic E-state index is 14.1. The van der Waals surface area contributed by atoms with Crippen molar-refractivity contribution in [1.29, 1.82) is 0 Å². The van der Waals surface area contributed by atoms with Crippen molar-refractivity contribution in [3.8, 4) is 5.75 Å². The molecule has 1 N–H and O–H groups in total. The van der Waals surface area contributed by atoms with E-state index in [-0.39, 0.29) is 5.82 Å². The maximum absolute atomic E-state index is 14.1. The predicted octanol–water partition coefficient (Wildman–Crippen LogP) is 2.42. The third-order valence-corrected chi connectivity index (χ3v) is 3.70. The highest BCUT2D eigenvalue weighted by Gasteiger charge is 2.19. The number of imidazole rings is 1. The SMILES string of the molecule is Fc1ccc2c(c1CNc1nccc3cncn13)CCO2. The standard InChI is InChI=1S/C15H13FN4O/c16-13-1-2-14-11(4-6-21-14)12(13)8-19-15-18-5-3-10-7-17-9-20(10)15/h1-3,5,7,9H,4,6,8H2,(H,18,19). The van der Waals surface area contributed by atoms with Gasteiger partial charge >= 0.3 is 0 Å². The average molecular weight is 284 g/mol. The van der Waals surface area contributed by atoms with Gasteiger partial charge in [0.1, 0.15) is 17.9 Å². The number of hydrogen-bond acceptors (Lipinski definition) is 4. The minimum atomic E-state index is -0.218. The van der Waals surface area contributed by atoms with E-state index in [9.17, 15) is 4.39 Å². The Morgan fingerprint density at radius 1 is 1.33 bits per heavy atom. The van der Waals surface area contributed by atoms with E-state index in [1.807, 2.05) is 10.5 Å². The lowest BCUT2D eigenvalue weighted by atomic mass is 10.0. The Morgan fingerprint density at radius 3 is 3.24 bits per heavy atom. The van der Waals surface area contributed by atoms with Crippen molar-refractivity contribution in [1.82, 2.24) is 14.4 Å². The van der Waals surface area contributed by atoms with Gasteiger partial charge in [-0.25, -0.2) is 14.4 Å². The van der Waals surface area contributed by atoms with Crippen LogP contribution in [0.2, 0.25) is 0 Å². The number of benzene rings is 1. The molecule has 3 heterocycles. The molecule has 0 radical (unpaired) electrons. The van der Waals surface area contributed by atoms with E-state index in [0.717, 1.165) is 23.3 Å². The molecule has 0 bridgehead atoms. The van der Waals surface area contributed by atoms with Crippen LogP contribution in [0.5, 0.6) is 5.75 Å². The summed E-state index contributed by atoms with van der Waals surface area (Å²) < 4.78 is 21.4. The third kappa shape index (κ3) is 1.99. The lowest BCUT2D eigenvalue weighted by Gasteiger charge is -2.11. The van der Waals surface area contributed by atoms with Gasteiger partial charge in [-0.15, -0.1) is 0 Å². The first-order chi connectivity index (χ1) is 10.3. The molecule has 1 aromatic carbocycles. The van der Waals surface area contributed by atoms with Gasteiger partial charge in [0, 0.05) is 30.3 Å². The van der Waals surface area contributed by atoms with Gasteiger partial charge in [0.2, 0.25) is 5.95 Å². The van der Waals surface area contributed by atoms with Gasteiger partial charge < -0.3 is 10.1 Å². The Morgan fingerprint density at radius 2 is 2.29 bits per heavy atom. The average Bonchev–Trinajstić information content (AvgIpc) is 3.14. The quantitative estimate of drug-likeness (QED) is 0.802. The Hall–Kier alpha value is -2.63. The molecule has 3 aromatic rings. The van der Waals surface area contributed by atoms with Crippen LogP contribution in [0.1, 0.15) is 11.1 Å². The zero-order valence-corrected chi connectivity index (χ0v) is 11.2. The lowest BCUT2D eigenvalue weighted by molar-refractivity contribution is 0.356. The van der Waals surface area contributed by atoms with Gasteiger partial charge in [0.15, 0.2) is 0 Å². The molecule has 6 heteroatoms. The molecular weight excluding hydrogens is 271 g/mol. The molecule has 4 rings (SSSR count). The highest BCUT2D eigenvalue weighted by molar-refractivity contribution is 5.50. The van der Waals surface area contributed by atoms with Crippen LogP contribution in [0.4, 0.5) is 10.3 Å². The summed E-state index contributed by atoms with van der Waals surface area (Å²) in [5.74, 6) is 1.20. The van der Waals surface area contributed by atoms with Crippen molar-refractivity contribution in [3.05, 3.63) is 53.9 Å². The van der Waals surface area contributed by atoms with E-state index in [4.69, 9.17) is 4.74 Å². The van der Waals surface area contributed by atoms with Crippen molar-refractivity contribution in [2.75, 3.05) is 11.9 Å². The first-order valence-corrected chi connectivity index (χ1v) is 6.77. The molecular formula is C15H13FN4O. The predicted molar refractivity (Wildman–Crippen MR) is 75.9 cm³/mol. The maximum Gasteiger partial charge on any atom is 0.208 e. The number of hydrogen-bond donors (Lipinski definition) is 1. The van der Waals surface area contributed by atoms with Gasteiger partial charge in [0.25, 0.3) is 0 Å². The fraction of sp³-hybridized carbons (Fsp3) is 0.200. The topological polar surface area (TPSA) is 51.5 Å². The third-order valence-electron chi connectivity index (χ3n) is 3.70. The zero-order chi connectivity index (χ0) is 14.2. The minimum absolute atomic E-state index is 0.218. The van der Waals surface area contributed by atoms with Gasteiger partial charge in [-0.2, -0.15) is 0 Å². The van der Waals surface area contributed by atoms with E-state index in [1.54, 1.807) is 24.8 Å². The molecule has 1 aliphatic heterocycles. The van der Waals surface area contributed by atoms with E-state index in [0.29, 0.717) is 24.7 Å². The number of nitrogens with zero attached hydrogens (tertiary/aromatic N) is 3. The van der Waals surface area contributed by atoms with E-state index in [2.05, 4.69) is 15.3 Å². The van der Waals surface area contributed by atoms with Gasteiger partial charge in [0.05, 0.1) is 18.3 Å². The monoisotopic (exact) mass is 284 g/mol. The van der Waals surface area contributed by atoms with Crippen LogP contribution in [0.15, 0.2) is 36.9 Å². The van der Waals surface area contributed by atoms with Gasteiger partial charge in [-0.3, -0.25) is 4.40 Å². The highest BCUT2D eigenvalue weighted by atomic mass is 19.1. The molecule has 0 amide bonds. The molecule has 0 aliphatic carbocycles. The molecule has 0 saturated carbocycles. The second-order valence-corrected chi connectivity index (χ2v) is 4.91. The van der Waals surface area contributed by atoms with Crippen LogP contribution in [0.3, 0.4) is 0 Å². The van der Waals surface area contributed by atoms with Crippen molar-refractivity contribution < 1.29 is 9.13 Å². The summed E-state index contributed by atoms with van der Waals surface area (Å²) in [5.41, 5.74) is 2.53. The number of halogens is 1. The summed E-state index contributed by atoms with van der Waals surface area (Å²) in [7, 11) is 0. The van der Waals surface area contributed by atoms with Crippen LogP contribution in [-0.4, -0.2) is 21.0 Å². The summed E-state index contributed by atoms with van der Waals surface area (Å²) in [6, 6.07) is 5.01. The van der Waals surface area contributed by atoms with Crippen LogP contribution >= 0.6 is 0 Å². The fourth-order valence-electron chi connectivity index (χ4n) is 2.66. The zero-order valence-electron chi connectivity index (χ0n) is 11.2. The van der Waals surface area contributed by atoms with Crippen molar-refractivity contribution in [2.24, 2.45) is 0 Å². The summed E-state index contributed by atoms with van der Waals surface area (Å²) in [6.45, 7) is 0.976. The van der Waals surface area contributed by atoms with Crippen LogP contribution < -0.4 is 10.1 Å². The number of rotatable bonds is 3. The minimum Gasteiger partial charge on any atom is -0.493 e. The van der Waals surface area contributed by atoms with Crippen LogP contribution in [0.25, 0.3) is 5.52 Å². The molecule has 21 heavy (non-hydrogen) atoms. The van der Waals surface area contributed by atoms with Crippen molar-refractivity contribution in [3.63, 3.8) is 0 Å². The summed E-state index contributed by atoms with van der Waals surface area (Å²) in [4.78, 5) is 8.36. The first-order valence-electron chi connectivity index (χ1n) is 6.77. The Kier molecular flexibility index (Phi) is 2.73. The molecule has 2 aromatic heterocycles. The molecule has 0 atom stereocenters. The number of fused-ring (bicyclic) bond motifs is 2. The number of anilines is 1. The van der Waals surface area contributed by atoms with Gasteiger partial charge in [-0.1, -0.05) is 0 Å². The number of nitrogens with one attached hydrogen (secondary N) is 1. The van der Waals surface area contributed by atoms with Gasteiger partial charge in [-0.05, 0) is 18.2 Å². The Balaban J connectivity index is 1.66. The second-order valence-electron chi connectivity index (χ2n) is 4.91. The molecule has 0 spiro atoms. The smallest absolute Gasteiger partial charge is 0.208 e. The normalized spacial score (nSPS) is 13.2. The molecule has 1 aliphatic rings. The summed E-state index contributed by atoms with van der Waals surface area (Å²) >= 11 is 0. The van der Waals surface area contributed by atoms with Crippen LogP contribution in [0, 0.1) is 5.82 Å².